The number of benzene rings is 2. The summed E-state index contributed by atoms with van der Waals surface area (Å²) in [6.07, 6.45) is -3.36. The second-order valence-corrected chi connectivity index (χ2v) is 14.0. The SMILES string of the molecule is COc1cc(C)c(-c2cccc(S(=O)(=O)c3cc(C(=N)N)sc3SC)c2)c(NC(=O)CSCCC(=O)O)c1.O=C(O)C(F)(F)F. The fraction of sp³-hybridized carbons (Fsp3) is 0.259. The number of hydrogen-bond donors (Lipinski definition) is 5. The molecular weight excluding hydrogens is 680 g/mol. The minimum absolute atomic E-state index is 0.0426. The zero-order chi connectivity index (χ0) is 34.1. The Morgan fingerprint density at radius 3 is 2.31 bits per heavy atom. The van der Waals surface area contributed by atoms with Gasteiger partial charge in [-0.1, -0.05) is 12.1 Å². The van der Waals surface area contributed by atoms with Gasteiger partial charge in [0, 0.05) is 17.4 Å². The number of carbonyl (C=O) groups is 3. The number of anilines is 1. The van der Waals surface area contributed by atoms with Gasteiger partial charge in [0.2, 0.25) is 15.7 Å². The molecule has 0 bridgehead atoms. The number of nitrogens with two attached hydrogens (primary N) is 1. The summed E-state index contributed by atoms with van der Waals surface area (Å²) in [5.41, 5.74) is 8.01. The first-order valence-electron chi connectivity index (χ1n) is 12.4. The van der Waals surface area contributed by atoms with Crippen molar-refractivity contribution in [3.63, 3.8) is 0 Å². The second-order valence-electron chi connectivity index (χ2n) is 8.83. The van der Waals surface area contributed by atoms with Crippen LogP contribution in [0.3, 0.4) is 0 Å². The van der Waals surface area contributed by atoms with E-state index in [4.69, 9.17) is 30.9 Å². The molecule has 0 aliphatic heterocycles. The highest BCUT2D eigenvalue weighted by molar-refractivity contribution is 8.01. The Labute approximate surface area is 268 Å². The Morgan fingerprint density at radius 1 is 1.13 bits per heavy atom. The number of amides is 1. The highest BCUT2D eigenvalue weighted by Gasteiger charge is 2.38. The summed E-state index contributed by atoms with van der Waals surface area (Å²) in [4.78, 5) is 32.8. The average molecular weight is 708 g/mol. The van der Waals surface area contributed by atoms with E-state index in [0.717, 1.165) is 16.9 Å². The van der Waals surface area contributed by atoms with Gasteiger partial charge in [0.05, 0.1) is 43.8 Å². The minimum Gasteiger partial charge on any atom is -0.497 e. The standard InChI is InChI=1S/C25H27N3O6S4.C2HF3O2/c1-14-9-16(34-2)11-18(28-21(29)13-36-8-7-22(30)31)23(14)15-5-4-6-17(10-15)38(32,33)20-12-19(24(26)27)37-25(20)35-3;3-2(4,5)1(6)7/h4-6,9-12H,7-8,13H2,1-3H3,(H3,26,27)(H,28,29)(H,30,31);(H,6,7). The van der Waals surface area contributed by atoms with Crippen LogP contribution in [0.2, 0.25) is 0 Å². The van der Waals surface area contributed by atoms with Gasteiger partial charge in [-0.05, 0) is 48.6 Å². The normalized spacial score (nSPS) is 11.2. The summed E-state index contributed by atoms with van der Waals surface area (Å²) >= 11 is 3.63. The van der Waals surface area contributed by atoms with Crippen molar-refractivity contribution < 1.29 is 50.9 Å². The molecule has 0 atom stereocenters. The van der Waals surface area contributed by atoms with Crippen molar-refractivity contribution in [3.05, 3.63) is 52.9 Å². The van der Waals surface area contributed by atoms with Crippen LogP contribution in [0.4, 0.5) is 18.9 Å². The van der Waals surface area contributed by atoms with Crippen molar-refractivity contribution in [1.82, 2.24) is 0 Å². The highest BCUT2D eigenvalue weighted by atomic mass is 32.2. The fourth-order valence-electron chi connectivity index (χ4n) is 3.63. The molecule has 0 aliphatic rings. The number of aliphatic carboxylic acids is 2. The summed E-state index contributed by atoms with van der Waals surface area (Å²) < 4.78 is 64.9. The Balaban J connectivity index is 0.000000900. The number of rotatable bonds is 12. The van der Waals surface area contributed by atoms with E-state index in [1.165, 1.54) is 42.8 Å². The molecule has 3 aromatic rings. The molecule has 1 aromatic heterocycles. The van der Waals surface area contributed by atoms with E-state index in [0.29, 0.717) is 37.4 Å². The second kappa shape index (κ2) is 16.0. The quantitative estimate of drug-likeness (QED) is 0.0704. The van der Waals surface area contributed by atoms with Crippen LogP contribution in [0.1, 0.15) is 16.9 Å². The zero-order valence-corrected chi connectivity index (χ0v) is 27.1. The van der Waals surface area contributed by atoms with Crippen LogP contribution in [0.25, 0.3) is 11.1 Å². The zero-order valence-electron chi connectivity index (χ0n) is 23.9. The first kappa shape index (κ1) is 37.4. The van der Waals surface area contributed by atoms with Crippen molar-refractivity contribution >= 4 is 74.1 Å². The van der Waals surface area contributed by atoms with Crippen LogP contribution >= 0.6 is 34.9 Å². The summed E-state index contributed by atoms with van der Waals surface area (Å²) in [6, 6.07) is 11.3. The van der Waals surface area contributed by atoms with E-state index in [2.05, 4.69) is 5.32 Å². The minimum atomic E-state index is -5.08. The number of nitrogen functional groups attached to an aromatic ring is 1. The van der Waals surface area contributed by atoms with Crippen molar-refractivity contribution in [2.45, 2.75) is 33.5 Å². The van der Waals surface area contributed by atoms with Crippen molar-refractivity contribution in [1.29, 1.82) is 5.41 Å². The highest BCUT2D eigenvalue weighted by Crippen LogP contribution is 2.40. The molecular formula is C27H28F3N3O8S4. The third kappa shape index (κ3) is 10.4. The van der Waals surface area contributed by atoms with E-state index >= 15 is 0 Å². The number of nitrogens with one attached hydrogen (secondary N) is 2. The lowest BCUT2D eigenvalue weighted by atomic mass is 9.98. The first-order chi connectivity index (χ1) is 20.9. The molecule has 2 aromatic carbocycles. The largest absolute Gasteiger partial charge is 0.497 e. The Hall–Kier alpha value is -3.74. The fourth-order valence-corrected chi connectivity index (χ4v) is 8.25. The van der Waals surface area contributed by atoms with E-state index < -0.39 is 28.0 Å². The summed E-state index contributed by atoms with van der Waals surface area (Å²) in [6.45, 7) is 1.83. The molecule has 1 amide bonds. The molecule has 1 heterocycles. The van der Waals surface area contributed by atoms with Crippen LogP contribution in [-0.4, -0.2) is 73.4 Å². The van der Waals surface area contributed by atoms with E-state index in [9.17, 15) is 31.2 Å². The number of sulfone groups is 1. The maximum Gasteiger partial charge on any atom is 0.490 e. The lowest BCUT2D eigenvalue weighted by Gasteiger charge is -2.17. The Bertz CT molecular complexity index is 1690. The van der Waals surface area contributed by atoms with Crippen LogP contribution in [0.15, 0.2) is 56.5 Å². The number of thioether (sulfide) groups is 2. The third-order valence-electron chi connectivity index (χ3n) is 5.59. The van der Waals surface area contributed by atoms with Crippen molar-refractivity contribution in [3.8, 4) is 16.9 Å². The topological polar surface area (TPSA) is 197 Å². The summed E-state index contributed by atoms with van der Waals surface area (Å²) in [7, 11) is -2.43. The number of amidine groups is 1. The predicted octanol–water partition coefficient (Wildman–Crippen LogP) is 5.35. The summed E-state index contributed by atoms with van der Waals surface area (Å²) in [5.74, 6) is -3.32. The molecule has 18 heteroatoms. The molecule has 0 aliphatic carbocycles. The van der Waals surface area contributed by atoms with Gasteiger partial charge in [-0.25, -0.2) is 13.2 Å². The molecule has 244 valence electrons. The number of carboxylic acid groups (broad SMARTS) is 2. The van der Waals surface area contributed by atoms with Crippen LogP contribution in [0.5, 0.6) is 5.75 Å². The Kier molecular flexibility index (Phi) is 13.3. The molecule has 3 rings (SSSR count). The lowest BCUT2D eigenvalue weighted by molar-refractivity contribution is -0.192. The molecule has 45 heavy (non-hydrogen) atoms. The van der Waals surface area contributed by atoms with Gasteiger partial charge in [0.1, 0.15) is 11.6 Å². The molecule has 0 saturated heterocycles. The van der Waals surface area contributed by atoms with Gasteiger partial charge in [-0.15, -0.1) is 23.1 Å². The van der Waals surface area contributed by atoms with Gasteiger partial charge < -0.3 is 26.0 Å². The van der Waals surface area contributed by atoms with Crippen LogP contribution < -0.4 is 15.8 Å². The molecule has 0 spiro atoms. The lowest BCUT2D eigenvalue weighted by Crippen LogP contribution is -2.21. The number of methoxy groups -OCH3 is 1. The Morgan fingerprint density at radius 2 is 1.78 bits per heavy atom. The van der Waals surface area contributed by atoms with E-state index in [1.807, 2.05) is 6.92 Å². The third-order valence-corrected chi connectivity index (χ3v) is 10.9. The monoisotopic (exact) mass is 707 g/mol. The van der Waals surface area contributed by atoms with Crippen molar-refractivity contribution in [2.75, 3.05) is 30.2 Å². The molecule has 0 fully saturated rings. The number of carbonyl (C=O) groups excluding carboxylic acids is 1. The molecule has 0 radical (unpaired) electrons. The number of halogens is 3. The number of ether oxygens (including phenoxy) is 1. The van der Waals surface area contributed by atoms with Gasteiger partial charge >= 0.3 is 18.1 Å². The van der Waals surface area contributed by atoms with E-state index in [1.54, 1.807) is 36.6 Å². The molecule has 11 nitrogen and oxygen atoms in total. The van der Waals surface area contributed by atoms with Crippen LogP contribution in [0, 0.1) is 12.3 Å². The van der Waals surface area contributed by atoms with E-state index in [-0.39, 0.29) is 33.7 Å². The number of alkyl halides is 3. The maximum atomic E-state index is 13.6. The maximum absolute atomic E-state index is 13.6. The predicted molar refractivity (Wildman–Crippen MR) is 168 cm³/mol. The van der Waals surface area contributed by atoms with Crippen molar-refractivity contribution in [2.24, 2.45) is 5.73 Å². The number of carboxylic acids is 2. The van der Waals surface area contributed by atoms with Gasteiger partial charge in [-0.3, -0.25) is 15.0 Å². The number of thiophene rings is 1. The molecule has 0 unspecified atom stereocenters. The van der Waals surface area contributed by atoms with Crippen LogP contribution in [-0.2, 0) is 24.2 Å². The number of hydrogen-bond acceptors (Lipinski definition) is 10. The van der Waals surface area contributed by atoms with Gasteiger partial charge in [-0.2, -0.15) is 24.9 Å². The van der Waals surface area contributed by atoms with Gasteiger partial charge in [0.15, 0.2) is 0 Å². The average Bonchev–Trinajstić information content (AvgIpc) is 3.41. The molecule has 0 saturated carbocycles. The smallest absolute Gasteiger partial charge is 0.490 e. The number of aryl methyl sites for hydroxylation is 1. The van der Waals surface area contributed by atoms with Gasteiger partial charge in [0.25, 0.3) is 0 Å². The first-order valence-corrected chi connectivity index (χ1v) is 17.1. The molecule has 6 N–H and O–H groups in total. The summed E-state index contributed by atoms with van der Waals surface area (Å²) in [5, 5.41) is 26.5.